The zero-order valence-electron chi connectivity index (χ0n) is 14.6. The van der Waals surface area contributed by atoms with Gasteiger partial charge in [-0.2, -0.15) is 0 Å². The van der Waals surface area contributed by atoms with Gasteiger partial charge in [-0.05, 0) is 55.7 Å². The molecule has 0 unspecified atom stereocenters. The summed E-state index contributed by atoms with van der Waals surface area (Å²) in [5.74, 6) is -0.801. The fourth-order valence-corrected chi connectivity index (χ4v) is 6.36. The summed E-state index contributed by atoms with van der Waals surface area (Å²) in [6.45, 7) is 0. The van der Waals surface area contributed by atoms with Gasteiger partial charge in [0.1, 0.15) is 14.7 Å². The minimum absolute atomic E-state index is 0.307. The Morgan fingerprint density at radius 3 is 2.74 bits per heavy atom. The SMILES string of the molecule is NC(=O)c1c(NC(=O)c2sc3nc4c(cc3c2N)CCC4)sc2c1CCC2. The van der Waals surface area contributed by atoms with Gasteiger partial charge in [0.2, 0.25) is 0 Å². The molecule has 3 aromatic rings. The van der Waals surface area contributed by atoms with Gasteiger partial charge in [-0.1, -0.05) is 0 Å². The number of nitrogens with zero attached hydrogens (tertiary/aromatic N) is 1. The molecule has 0 saturated carbocycles. The van der Waals surface area contributed by atoms with Crippen molar-refractivity contribution in [3.63, 3.8) is 0 Å². The monoisotopic (exact) mass is 398 g/mol. The number of hydrogen-bond donors (Lipinski definition) is 3. The number of carbonyl (C=O) groups excluding carboxylic acids is 2. The van der Waals surface area contributed by atoms with Crippen LogP contribution < -0.4 is 16.8 Å². The number of nitrogens with two attached hydrogens (primary N) is 2. The third-order valence-electron chi connectivity index (χ3n) is 5.35. The van der Waals surface area contributed by atoms with Crippen molar-refractivity contribution in [2.45, 2.75) is 38.5 Å². The summed E-state index contributed by atoms with van der Waals surface area (Å²) in [5.41, 5.74) is 16.1. The van der Waals surface area contributed by atoms with E-state index in [-0.39, 0.29) is 5.91 Å². The molecule has 2 amide bonds. The van der Waals surface area contributed by atoms with E-state index in [1.54, 1.807) is 0 Å². The number of hydrogen-bond acceptors (Lipinski definition) is 6. The Morgan fingerprint density at radius 2 is 1.93 bits per heavy atom. The lowest BCUT2D eigenvalue weighted by molar-refractivity contribution is 0.100. The van der Waals surface area contributed by atoms with Crippen molar-refractivity contribution in [3.05, 3.63) is 38.2 Å². The molecule has 2 aliphatic rings. The summed E-state index contributed by atoms with van der Waals surface area (Å²) >= 11 is 2.75. The number of primary amides is 1. The molecule has 0 atom stereocenters. The molecule has 27 heavy (non-hydrogen) atoms. The Labute approximate surface area is 163 Å². The van der Waals surface area contributed by atoms with Gasteiger partial charge in [0.15, 0.2) is 0 Å². The maximum Gasteiger partial charge on any atom is 0.268 e. The summed E-state index contributed by atoms with van der Waals surface area (Å²) in [6.07, 6.45) is 5.89. The highest BCUT2D eigenvalue weighted by Gasteiger charge is 2.28. The minimum atomic E-state index is -0.493. The summed E-state index contributed by atoms with van der Waals surface area (Å²) < 4.78 is 0. The summed E-state index contributed by atoms with van der Waals surface area (Å²) in [7, 11) is 0. The lowest BCUT2D eigenvalue weighted by Crippen LogP contribution is -2.17. The second kappa shape index (κ2) is 6.03. The third-order valence-corrected chi connectivity index (χ3v) is 7.67. The van der Waals surface area contributed by atoms with Crippen LogP contribution in [0, 0.1) is 0 Å². The lowest BCUT2D eigenvalue weighted by atomic mass is 10.1. The van der Waals surface area contributed by atoms with Crippen LogP contribution in [0.15, 0.2) is 6.07 Å². The van der Waals surface area contributed by atoms with Gasteiger partial charge in [-0.25, -0.2) is 4.98 Å². The second-order valence-corrected chi connectivity index (χ2v) is 9.13. The number of rotatable bonds is 3. The van der Waals surface area contributed by atoms with Crippen molar-refractivity contribution in [3.8, 4) is 0 Å². The first-order valence-corrected chi connectivity index (χ1v) is 10.6. The molecule has 5 N–H and O–H groups in total. The van der Waals surface area contributed by atoms with E-state index in [0.29, 0.717) is 21.1 Å². The van der Waals surface area contributed by atoms with Crippen molar-refractivity contribution < 1.29 is 9.59 Å². The van der Waals surface area contributed by atoms with Crippen LogP contribution in [0.4, 0.5) is 10.7 Å². The molecule has 6 nitrogen and oxygen atoms in total. The van der Waals surface area contributed by atoms with Crippen LogP contribution in [0.1, 0.15) is 54.6 Å². The number of anilines is 2. The molecule has 0 saturated heterocycles. The van der Waals surface area contributed by atoms with Crippen molar-refractivity contribution in [2.75, 3.05) is 11.1 Å². The van der Waals surface area contributed by atoms with E-state index in [1.807, 2.05) is 0 Å². The topological polar surface area (TPSA) is 111 Å². The summed E-state index contributed by atoms with van der Waals surface area (Å²) in [5, 5.41) is 4.25. The zero-order valence-corrected chi connectivity index (χ0v) is 16.2. The lowest BCUT2D eigenvalue weighted by Gasteiger charge is -2.05. The van der Waals surface area contributed by atoms with E-state index in [0.717, 1.165) is 64.9 Å². The normalized spacial score (nSPS) is 15.1. The highest BCUT2D eigenvalue weighted by Crippen LogP contribution is 2.40. The number of thiophene rings is 2. The maximum absolute atomic E-state index is 12.9. The van der Waals surface area contributed by atoms with Gasteiger partial charge in [0.25, 0.3) is 11.8 Å². The fourth-order valence-electron chi connectivity index (χ4n) is 4.08. The number of amides is 2. The molecule has 3 heterocycles. The smallest absolute Gasteiger partial charge is 0.268 e. The molecular formula is C19H18N4O2S2. The first kappa shape index (κ1) is 16.7. The van der Waals surface area contributed by atoms with Gasteiger partial charge in [-0.3, -0.25) is 9.59 Å². The van der Waals surface area contributed by atoms with Crippen molar-refractivity contribution in [1.29, 1.82) is 0 Å². The Balaban J connectivity index is 1.52. The van der Waals surface area contributed by atoms with Gasteiger partial charge >= 0.3 is 0 Å². The van der Waals surface area contributed by atoms with E-state index in [2.05, 4.69) is 11.4 Å². The van der Waals surface area contributed by atoms with Gasteiger partial charge in [-0.15, -0.1) is 22.7 Å². The third kappa shape index (κ3) is 2.55. The van der Waals surface area contributed by atoms with Gasteiger partial charge in [0.05, 0.1) is 11.3 Å². The molecule has 0 fully saturated rings. The Morgan fingerprint density at radius 1 is 1.11 bits per heavy atom. The number of aromatic nitrogens is 1. The average Bonchev–Trinajstić information content (AvgIpc) is 3.36. The van der Waals surface area contributed by atoms with Gasteiger partial charge in [0, 0.05) is 16.0 Å². The Hall–Kier alpha value is -2.45. The highest BCUT2D eigenvalue weighted by molar-refractivity contribution is 7.21. The second-order valence-electron chi connectivity index (χ2n) is 7.03. The van der Waals surface area contributed by atoms with Crippen LogP contribution in [0.2, 0.25) is 0 Å². The number of nitrogens with one attached hydrogen (secondary N) is 1. The molecule has 138 valence electrons. The predicted molar refractivity (Wildman–Crippen MR) is 109 cm³/mol. The first-order valence-electron chi connectivity index (χ1n) is 8.99. The molecule has 0 aliphatic heterocycles. The van der Waals surface area contributed by atoms with Crippen molar-refractivity contribution in [1.82, 2.24) is 4.98 Å². The molecular weight excluding hydrogens is 380 g/mol. The average molecular weight is 399 g/mol. The molecule has 0 aromatic carbocycles. The number of nitrogen functional groups attached to an aromatic ring is 1. The molecule has 0 radical (unpaired) electrons. The molecule has 8 heteroatoms. The van der Waals surface area contributed by atoms with Crippen molar-refractivity contribution >= 4 is 55.4 Å². The van der Waals surface area contributed by atoms with Crippen molar-refractivity contribution in [2.24, 2.45) is 5.73 Å². The van der Waals surface area contributed by atoms with Crippen LogP contribution in [0.25, 0.3) is 10.2 Å². The molecule has 0 bridgehead atoms. The van der Waals surface area contributed by atoms with Crippen LogP contribution in [-0.4, -0.2) is 16.8 Å². The molecule has 2 aliphatic carbocycles. The standard InChI is InChI=1S/C19H18N4O2S2/c20-14-10-7-8-3-1-5-11(8)22-18(10)27-15(14)17(25)23-19-13(16(21)24)9-4-2-6-12(9)26-19/h7H,1-6,20H2,(H2,21,24)(H,23,25). The van der Waals surface area contributed by atoms with Crippen LogP contribution in [0.3, 0.4) is 0 Å². The highest BCUT2D eigenvalue weighted by atomic mass is 32.1. The van der Waals surface area contributed by atoms with Crippen LogP contribution >= 0.6 is 22.7 Å². The summed E-state index contributed by atoms with van der Waals surface area (Å²) in [4.78, 5) is 31.9. The quantitative estimate of drug-likeness (QED) is 0.629. The van der Waals surface area contributed by atoms with E-state index in [4.69, 9.17) is 16.5 Å². The van der Waals surface area contributed by atoms with Gasteiger partial charge < -0.3 is 16.8 Å². The fraction of sp³-hybridized carbons (Fsp3) is 0.316. The van der Waals surface area contributed by atoms with Crippen LogP contribution in [0.5, 0.6) is 0 Å². The number of aryl methyl sites for hydroxylation is 3. The Bertz CT molecular complexity index is 1130. The summed E-state index contributed by atoms with van der Waals surface area (Å²) in [6, 6.07) is 2.07. The largest absolute Gasteiger partial charge is 0.397 e. The van der Waals surface area contributed by atoms with E-state index in [1.165, 1.54) is 28.2 Å². The molecule has 0 spiro atoms. The first-order chi connectivity index (χ1) is 13.0. The predicted octanol–water partition coefficient (Wildman–Crippen LogP) is 3.27. The number of carbonyl (C=O) groups is 2. The number of fused-ring (bicyclic) bond motifs is 3. The van der Waals surface area contributed by atoms with Crippen LogP contribution in [-0.2, 0) is 25.7 Å². The number of pyridine rings is 1. The van der Waals surface area contributed by atoms with E-state index >= 15 is 0 Å². The molecule has 5 rings (SSSR count). The minimum Gasteiger partial charge on any atom is -0.397 e. The Kier molecular flexibility index (Phi) is 3.73. The van der Waals surface area contributed by atoms with E-state index in [9.17, 15) is 9.59 Å². The maximum atomic E-state index is 12.9. The van der Waals surface area contributed by atoms with E-state index < -0.39 is 5.91 Å². The zero-order chi connectivity index (χ0) is 18.7. The molecule has 3 aromatic heterocycles.